The number of hydrogen-bond acceptors (Lipinski definition) is 6. The van der Waals surface area contributed by atoms with Gasteiger partial charge < -0.3 is 15.0 Å². The van der Waals surface area contributed by atoms with E-state index >= 15 is 0 Å². The molecule has 1 aromatic heterocycles. The molecule has 8 heteroatoms. The number of aryl methyl sites for hydroxylation is 1. The van der Waals surface area contributed by atoms with Crippen molar-refractivity contribution < 1.29 is 14.3 Å². The molecule has 0 fully saturated rings. The van der Waals surface area contributed by atoms with E-state index in [1.807, 2.05) is 31.2 Å². The van der Waals surface area contributed by atoms with E-state index in [0.717, 1.165) is 15.3 Å². The lowest BCUT2D eigenvalue weighted by molar-refractivity contribution is -0.113. The molecule has 1 aromatic carbocycles. The average Bonchev–Trinajstić information content (AvgIpc) is 3.02. The van der Waals surface area contributed by atoms with Crippen molar-refractivity contribution in [1.82, 2.24) is 4.90 Å². The third-order valence-electron chi connectivity index (χ3n) is 4.25. The van der Waals surface area contributed by atoms with Crippen molar-refractivity contribution in [3.05, 3.63) is 45.8 Å². The summed E-state index contributed by atoms with van der Waals surface area (Å²) < 4.78 is 4.77. The summed E-state index contributed by atoms with van der Waals surface area (Å²) in [5, 5.41) is 12.9. The Morgan fingerprint density at radius 3 is 2.78 bits per heavy atom. The molecule has 0 unspecified atom stereocenters. The highest BCUT2D eigenvalue weighted by atomic mass is 32.2. The molecule has 6 nitrogen and oxygen atoms in total. The van der Waals surface area contributed by atoms with Crippen molar-refractivity contribution in [2.45, 2.75) is 24.8 Å². The first-order valence-corrected chi connectivity index (χ1v) is 10.2. The number of thioether (sulfide) groups is 1. The maximum Gasteiger partial charge on any atom is 0.409 e. The highest BCUT2D eigenvalue weighted by Gasteiger charge is 2.27. The fourth-order valence-electron chi connectivity index (χ4n) is 2.84. The summed E-state index contributed by atoms with van der Waals surface area (Å²) in [5.74, 6) is 0.116. The molecular weight excluding hydrogens is 382 g/mol. The lowest BCUT2D eigenvalue weighted by atomic mass is 10.0. The van der Waals surface area contributed by atoms with E-state index < -0.39 is 0 Å². The summed E-state index contributed by atoms with van der Waals surface area (Å²) >= 11 is 2.81. The van der Waals surface area contributed by atoms with E-state index in [1.54, 1.807) is 4.90 Å². The fourth-order valence-corrected chi connectivity index (χ4v) is 4.77. The number of carbonyl (C=O) groups excluding carboxylic acids is 2. The van der Waals surface area contributed by atoms with Crippen molar-refractivity contribution in [2.24, 2.45) is 0 Å². The van der Waals surface area contributed by atoms with Gasteiger partial charge in [-0.15, -0.1) is 23.1 Å². The van der Waals surface area contributed by atoms with Crippen LogP contribution in [0.5, 0.6) is 0 Å². The second kappa shape index (κ2) is 8.46. The molecule has 0 radical (unpaired) electrons. The Morgan fingerprint density at radius 1 is 1.37 bits per heavy atom. The number of rotatable bonds is 4. The number of nitrogens with one attached hydrogen (secondary N) is 1. The number of methoxy groups -OCH3 is 1. The van der Waals surface area contributed by atoms with Gasteiger partial charge in [0.2, 0.25) is 5.91 Å². The minimum Gasteiger partial charge on any atom is -0.453 e. The molecule has 1 aliphatic heterocycles. The Labute approximate surface area is 166 Å². The number of carbonyl (C=O) groups is 2. The van der Waals surface area contributed by atoms with E-state index in [2.05, 4.69) is 11.4 Å². The molecule has 0 saturated heterocycles. The standard InChI is InChI=1S/C19H19N3O3S2/c1-12-3-5-13(6-4-12)26-11-17(23)21-18-15(9-20)14-7-8-22(19(24)25-2)10-16(14)27-18/h3-6H,7-8,10-11H2,1-2H3,(H,21,23). The van der Waals surface area contributed by atoms with Crippen molar-refractivity contribution in [2.75, 3.05) is 24.7 Å². The molecule has 0 atom stereocenters. The highest BCUT2D eigenvalue weighted by molar-refractivity contribution is 8.00. The molecule has 1 aliphatic rings. The van der Waals surface area contributed by atoms with Crippen LogP contribution in [0.3, 0.4) is 0 Å². The second-order valence-corrected chi connectivity index (χ2v) is 8.27. The van der Waals surface area contributed by atoms with Gasteiger partial charge in [0.25, 0.3) is 0 Å². The second-order valence-electron chi connectivity index (χ2n) is 6.11. The molecule has 1 N–H and O–H groups in total. The van der Waals surface area contributed by atoms with Gasteiger partial charge in [0.1, 0.15) is 11.1 Å². The SMILES string of the molecule is COC(=O)N1CCc2c(sc(NC(=O)CSc3ccc(C)cc3)c2C#N)C1. The van der Waals surface area contributed by atoms with Gasteiger partial charge in [-0.3, -0.25) is 4.79 Å². The fraction of sp³-hybridized carbons (Fsp3) is 0.316. The number of amides is 2. The summed E-state index contributed by atoms with van der Waals surface area (Å²) in [7, 11) is 1.35. The predicted molar refractivity (Wildman–Crippen MR) is 106 cm³/mol. The maximum atomic E-state index is 12.3. The summed E-state index contributed by atoms with van der Waals surface area (Å²) in [6.07, 6.45) is 0.199. The molecule has 27 heavy (non-hydrogen) atoms. The van der Waals surface area contributed by atoms with Crippen molar-refractivity contribution in [3.8, 4) is 6.07 Å². The number of anilines is 1. The number of nitriles is 1. The zero-order chi connectivity index (χ0) is 19.4. The van der Waals surface area contributed by atoms with E-state index in [9.17, 15) is 14.9 Å². The van der Waals surface area contributed by atoms with Crippen molar-refractivity contribution >= 4 is 40.1 Å². The quantitative estimate of drug-likeness (QED) is 0.789. The first-order chi connectivity index (χ1) is 13.0. The lowest BCUT2D eigenvalue weighted by Crippen LogP contribution is -2.35. The first kappa shape index (κ1) is 19.3. The minimum atomic E-state index is -0.382. The van der Waals surface area contributed by atoms with Crippen molar-refractivity contribution in [1.29, 1.82) is 5.26 Å². The van der Waals surface area contributed by atoms with Gasteiger partial charge in [0.15, 0.2) is 0 Å². The molecule has 140 valence electrons. The van der Waals surface area contributed by atoms with Crippen LogP contribution < -0.4 is 5.32 Å². The Bertz CT molecular complexity index is 900. The van der Waals surface area contributed by atoms with Gasteiger partial charge in [-0.2, -0.15) is 5.26 Å². The molecule has 2 amide bonds. The minimum absolute atomic E-state index is 0.152. The van der Waals surface area contributed by atoms with Crippen LogP contribution in [-0.2, 0) is 22.5 Å². The Morgan fingerprint density at radius 2 is 2.11 bits per heavy atom. The lowest BCUT2D eigenvalue weighted by Gasteiger charge is -2.25. The Hall–Kier alpha value is -2.50. The van der Waals surface area contributed by atoms with Gasteiger partial charge in [-0.1, -0.05) is 17.7 Å². The third-order valence-corrected chi connectivity index (χ3v) is 6.39. The molecule has 0 spiro atoms. The smallest absolute Gasteiger partial charge is 0.409 e. The van der Waals surface area contributed by atoms with Crippen LogP contribution in [-0.4, -0.2) is 36.3 Å². The average molecular weight is 402 g/mol. The summed E-state index contributed by atoms with van der Waals surface area (Å²) in [4.78, 5) is 27.6. The van der Waals surface area contributed by atoms with Crippen LogP contribution in [0.15, 0.2) is 29.2 Å². The van der Waals surface area contributed by atoms with Crippen LogP contribution in [0.1, 0.15) is 21.6 Å². The van der Waals surface area contributed by atoms with E-state index in [0.29, 0.717) is 30.1 Å². The van der Waals surface area contributed by atoms with E-state index in [1.165, 1.54) is 35.8 Å². The first-order valence-electron chi connectivity index (χ1n) is 8.38. The number of ether oxygens (including phenoxy) is 1. The van der Waals surface area contributed by atoms with Gasteiger partial charge >= 0.3 is 6.09 Å². The summed E-state index contributed by atoms with van der Waals surface area (Å²) in [6, 6.07) is 10.2. The largest absolute Gasteiger partial charge is 0.453 e. The number of thiophene rings is 1. The van der Waals surface area contributed by atoms with Crippen LogP contribution >= 0.6 is 23.1 Å². The molecule has 0 aliphatic carbocycles. The van der Waals surface area contributed by atoms with E-state index in [4.69, 9.17) is 4.74 Å². The number of benzene rings is 1. The summed E-state index contributed by atoms with van der Waals surface area (Å²) in [6.45, 7) is 2.92. The predicted octanol–water partition coefficient (Wildman–Crippen LogP) is 3.78. The molecule has 3 rings (SSSR count). The van der Waals surface area contributed by atoms with Crippen LogP contribution in [0, 0.1) is 18.3 Å². The summed E-state index contributed by atoms with van der Waals surface area (Å²) in [5.41, 5.74) is 2.60. The van der Waals surface area contributed by atoms with Gasteiger partial charge in [0, 0.05) is 16.3 Å². The monoisotopic (exact) mass is 401 g/mol. The van der Waals surface area contributed by atoms with Crippen molar-refractivity contribution in [3.63, 3.8) is 0 Å². The van der Waals surface area contributed by atoms with Crippen LogP contribution in [0.25, 0.3) is 0 Å². The number of fused-ring (bicyclic) bond motifs is 1. The number of nitrogens with zero attached hydrogens (tertiary/aromatic N) is 2. The van der Waals surface area contributed by atoms with E-state index in [-0.39, 0.29) is 17.8 Å². The van der Waals surface area contributed by atoms with Crippen LogP contribution in [0.4, 0.5) is 9.80 Å². The molecule has 0 bridgehead atoms. The normalized spacial score (nSPS) is 12.9. The molecule has 0 saturated carbocycles. The Kier molecular flexibility index (Phi) is 6.04. The Balaban J connectivity index is 1.67. The molecule has 2 aromatic rings. The maximum absolute atomic E-state index is 12.3. The highest BCUT2D eigenvalue weighted by Crippen LogP contribution is 2.37. The van der Waals surface area contributed by atoms with Gasteiger partial charge in [0.05, 0.1) is 25.0 Å². The molecule has 2 heterocycles. The molecular formula is C19H19N3O3S2. The zero-order valence-electron chi connectivity index (χ0n) is 15.1. The van der Waals surface area contributed by atoms with Gasteiger partial charge in [-0.05, 0) is 31.0 Å². The zero-order valence-corrected chi connectivity index (χ0v) is 16.7. The van der Waals surface area contributed by atoms with Gasteiger partial charge in [-0.25, -0.2) is 4.79 Å². The third kappa shape index (κ3) is 4.43. The number of hydrogen-bond donors (Lipinski definition) is 1. The topological polar surface area (TPSA) is 82.4 Å². The van der Waals surface area contributed by atoms with Crippen LogP contribution in [0.2, 0.25) is 0 Å².